The van der Waals surface area contributed by atoms with Crippen LogP contribution in [0.25, 0.3) is 0 Å². The molecule has 0 radical (unpaired) electrons. The van der Waals surface area contributed by atoms with Gasteiger partial charge in [-0.1, -0.05) is 22.0 Å². The molecule has 0 saturated carbocycles. The fourth-order valence-electron chi connectivity index (χ4n) is 1.44. The minimum atomic E-state index is -0.379. The van der Waals surface area contributed by atoms with E-state index in [9.17, 15) is 4.39 Å². The Hall–Kier alpha value is -1.29. The molecular weight excluding hydrogens is 275 g/mol. The van der Waals surface area contributed by atoms with E-state index in [0.29, 0.717) is 0 Å². The molecule has 2 nitrogen and oxygen atoms in total. The summed E-state index contributed by atoms with van der Waals surface area (Å²) < 4.78 is 23.6. The number of furan rings is 1. The van der Waals surface area contributed by atoms with Crippen molar-refractivity contribution in [1.29, 1.82) is 0 Å². The van der Waals surface area contributed by atoms with Crippen molar-refractivity contribution in [2.45, 2.75) is 4.83 Å². The number of hydrogen-bond acceptors (Lipinski definition) is 2. The fourth-order valence-corrected chi connectivity index (χ4v) is 1.99. The van der Waals surface area contributed by atoms with E-state index in [-0.39, 0.29) is 16.4 Å². The average molecular weight is 285 g/mol. The zero-order valence-corrected chi connectivity index (χ0v) is 10.2. The number of hydrogen-bond donors (Lipinski definition) is 0. The van der Waals surface area contributed by atoms with Gasteiger partial charge in [-0.25, -0.2) is 4.39 Å². The first-order valence-electron chi connectivity index (χ1n) is 4.73. The zero-order valence-electron chi connectivity index (χ0n) is 8.61. The third kappa shape index (κ3) is 2.11. The van der Waals surface area contributed by atoms with Crippen LogP contribution in [0.3, 0.4) is 0 Å². The normalized spacial score (nSPS) is 12.4. The van der Waals surface area contributed by atoms with Crippen LogP contribution in [0.5, 0.6) is 5.75 Å². The van der Waals surface area contributed by atoms with E-state index in [1.54, 1.807) is 24.5 Å². The lowest BCUT2D eigenvalue weighted by atomic mass is 10.1. The van der Waals surface area contributed by atoms with Gasteiger partial charge in [0.1, 0.15) is 5.76 Å². The predicted molar refractivity (Wildman–Crippen MR) is 62.4 cm³/mol. The second-order valence-corrected chi connectivity index (χ2v) is 4.19. The standard InChI is InChI=1S/C12H10BrFO2/c1-15-10-5-4-8(7-9(10)14)12(13)11-3-2-6-16-11/h2-7,12H,1H3. The Balaban J connectivity index is 2.31. The van der Waals surface area contributed by atoms with Crippen molar-refractivity contribution >= 4 is 15.9 Å². The Bertz CT molecular complexity index is 468. The topological polar surface area (TPSA) is 22.4 Å². The molecule has 16 heavy (non-hydrogen) atoms. The Morgan fingerprint density at radius 2 is 2.19 bits per heavy atom. The van der Waals surface area contributed by atoms with Gasteiger partial charge in [-0.05, 0) is 29.8 Å². The second kappa shape index (κ2) is 4.70. The molecule has 0 aliphatic rings. The van der Waals surface area contributed by atoms with E-state index in [1.165, 1.54) is 13.2 Å². The fraction of sp³-hybridized carbons (Fsp3) is 0.167. The molecule has 0 saturated heterocycles. The second-order valence-electron chi connectivity index (χ2n) is 3.27. The van der Waals surface area contributed by atoms with Gasteiger partial charge in [0, 0.05) is 0 Å². The summed E-state index contributed by atoms with van der Waals surface area (Å²) >= 11 is 3.45. The van der Waals surface area contributed by atoms with Crippen molar-refractivity contribution < 1.29 is 13.5 Å². The lowest BCUT2D eigenvalue weighted by Crippen LogP contribution is -1.94. The van der Waals surface area contributed by atoms with Gasteiger partial charge in [-0.15, -0.1) is 0 Å². The molecule has 0 aliphatic heterocycles. The summed E-state index contributed by atoms with van der Waals surface area (Å²) in [4.78, 5) is -0.150. The SMILES string of the molecule is COc1ccc(C(Br)c2ccco2)cc1F. The third-order valence-electron chi connectivity index (χ3n) is 2.26. The van der Waals surface area contributed by atoms with Crippen LogP contribution < -0.4 is 4.74 Å². The summed E-state index contributed by atoms with van der Waals surface area (Å²) in [6.45, 7) is 0. The zero-order chi connectivity index (χ0) is 11.5. The highest BCUT2D eigenvalue weighted by Crippen LogP contribution is 2.32. The van der Waals surface area contributed by atoms with Gasteiger partial charge in [0.15, 0.2) is 11.6 Å². The van der Waals surface area contributed by atoms with Crippen molar-refractivity contribution in [3.05, 3.63) is 53.7 Å². The van der Waals surface area contributed by atoms with Gasteiger partial charge < -0.3 is 9.15 Å². The number of ether oxygens (including phenoxy) is 1. The van der Waals surface area contributed by atoms with E-state index in [2.05, 4.69) is 15.9 Å². The van der Waals surface area contributed by atoms with Crippen LogP contribution in [0.1, 0.15) is 16.2 Å². The predicted octanol–water partition coefficient (Wildman–Crippen LogP) is 3.91. The first-order chi connectivity index (χ1) is 7.72. The molecule has 1 atom stereocenters. The van der Waals surface area contributed by atoms with E-state index >= 15 is 0 Å². The van der Waals surface area contributed by atoms with Crippen LogP contribution in [0, 0.1) is 5.82 Å². The van der Waals surface area contributed by atoms with E-state index in [0.717, 1.165) is 11.3 Å². The Labute approximate surface area is 101 Å². The molecule has 0 fully saturated rings. The quantitative estimate of drug-likeness (QED) is 0.798. The lowest BCUT2D eigenvalue weighted by Gasteiger charge is -2.09. The number of rotatable bonds is 3. The largest absolute Gasteiger partial charge is 0.494 e. The molecule has 0 spiro atoms. The summed E-state index contributed by atoms with van der Waals surface area (Å²) in [6.07, 6.45) is 1.59. The summed E-state index contributed by atoms with van der Waals surface area (Å²) in [5.41, 5.74) is 0.785. The summed E-state index contributed by atoms with van der Waals surface area (Å²) in [5, 5.41) is 0. The minimum Gasteiger partial charge on any atom is -0.494 e. The molecule has 0 bridgehead atoms. The number of halogens is 2. The summed E-state index contributed by atoms with van der Waals surface area (Å²) in [6, 6.07) is 8.46. The monoisotopic (exact) mass is 284 g/mol. The maximum absolute atomic E-state index is 13.5. The third-order valence-corrected chi connectivity index (χ3v) is 3.24. The van der Waals surface area contributed by atoms with Crippen LogP contribution >= 0.6 is 15.9 Å². The van der Waals surface area contributed by atoms with E-state index < -0.39 is 0 Å². The van der Waals surface area contributed by atoms with Gasteiger partial charge in [-0.3, -0.25) is 0 Å². The molecule has 84 valence electrons. The molecule has 0 aliphatic carbocycles. The van der Waals surface area contributed by atoms with Crippen molar-refractivity contribution in [1.82, 2.24) is 0 Å². The van der Waals surface area contributed by atoms with Crippen molar-refractivity contribution in [3.63, 3.8) is 0 Å². The van der Waals surface area contributed by atoms with Crippen LogP contribution in [-0.2, 0) is 0 Å². The highest BCUT2D eigenvalue weighted by atomic mass is 79.9. The molecule has 1 unspecified atom stereocenters. The summed E-state index contributed by atoms with van der Waals surface area (Å²) in [5.74, 6) is 0.600. The smallest absolute Gasteiger partial charge is 0.165 e. The van der Waals surface area contributed by atoms with E-state index in [1.807, 2.05) is 6.07 Å². The molecule has 1 heterocycles. The van der Waals surface area contributed by atoms with Crippen LogP contribution in [-0.4, -0.2) is 7.11 Å². The van der Waals surface area contributed by atoms with Crippen LogP contribution in [0.2, 0.25) is 0 Å². The maximum atomic E-state index is 13.5. The van der Waals surface area contributed by atoms with Gasteiger partial charge >= 0.3 is 0 Å². The number of benzene rings is 1. The molecular formula is C12H10BrFO2. The molecule has 4 heteroatoms. The van der Waals surface area contributed by atoms with Crippen LogP contribution in [0.4, 0.5) is 4.39 Å². The molecule has 1 aromatic heterocycles. The van der Waals surface area contributed by atoms with Crippen molar-refractivity contribution in [3.8, 4) is 5.75 Å². The molecule has 0 amide bonds. The maximum Gasteiger partial charge on any atom is 0.165 e. The van der Waals surface area contributed by atoms with Gasteiger partial charge in [-0.2, -0.15) is 0 Å². The lowest BCUT2D eigenvalue weighted by molar-refractivity contribution is 0.386. The molecule has 2 rings (SSSR count). The van der Waals surface area contributed by atoms with Crippen molar-refractivity contribution in [2.75, 3.05) is 7.11 Å². The van der Waals surface area contributed by atoms with Gasteiger partial charge in [0.05, 0.1) is 18.2 Å². The first-order valence-corrected chi connectivity index (χ1v) is 5.65. The first kappa shape index (κ1) is 11.2. The van der Waals surface area contributed by atoms with Gasteiger partial charge in [0.25, 0.3) is 0 Å². The Morgan fingerprint density at radius 3 is 2.75 bits per heavy atom. The van der Waals surface area contributed by atoms with E-state index in [4.69, 9.17) is 9.15 Å². The highest BCUT2D eigenvalue weighted by molar-refractivity contribution is 9.09. The Kier molecular flexibility index (Phi) is 3.29. The number of methoxy groups -OCH3 is 1. The highest BCUT2D eigenvalue weighted by Gasteiger charge is 2.15. The average Bonchev–Trinajstić information content (AvgIpc) is 2.81. The summed E-state index contributed by atoms with van der Waals surface area (Å²) in [7, 11) is 1.44. The minimum absolute atomic E-state index is 0.150. The molecule has 0 N–H and O–H groups in total. The molecule has 1 aromatic carbocycles. The van der Waals surface area contributed by atoms with Crippen molar-refractivity contribution in [2.24, 2.45) is 0 Å². The molecule has 2 aromatic rings. The van der Waals surface area contributed by atoms with Crippen LogP contribution in [0.15, 0.2) is 41.0 Å². The van der Waals surface area contributed by atoms with Gasteiger partial charge in [0.2, 0.25) is 0 Å². The number of alkyl halides is 1. The Morgan fingerprint density at radius 1 is 1.38 bits per heavy atom.